The van der Waals surface area contributed by atoms with Gasteiger partial charge in [-0.05, 0) is 96.5 Å². The zero-order valence-electron chi connectivity index (χ0n) is 40.8. The molecule has 0 aliphatic carbocycles. The van der Waals surface area contributed by atoms with E-state index in [1.165, 1.54) is 0 Å². The van der Waals surface area contributed by atoms with Crippen LogP contribution in [0, 0.1) is 0 Å². The van der Waals surface area contributed by atoms with Crippen LogP contribution in [0.15, 0.2) is 72.8 Å². The van der Waals surface area contributed by atoms with Gasteiger partial charge in [-0.25, -0.2) is 9.59 Å². The Morgan fingerprint density at radius 3 is 1.00 bits per heavy atom. The molecule has 0 bridgehead atoms. The van der Waals surface area contributed by atoms with Gasteiger partial charge in [-0.15, -0.1) is 0 Å². The number of carbonyl (C=O) groups is 2. The fourth-order valence-electron chi connectivity index (χ4n) is 7.74. The second-order valence-corrected chi connectivity index (χ2v) is 15.7. The fraction of sp³-hybridized carbons (Fsp3) is 0.500. The normalized spacial score (nSPS) is 12.0. The number of carbonyl (C=O) groups excluding carboxylic acids is 2. The Bertz CT molecular complexity index is 1940. The molecule has 0 heterocycles. The summed E-state index contributed by atoms with van der Waals surface area (Å²) >= 11 is 0. The van der Waals surface area contributed by atoms with Crippen molar-refractivity contribution in [1.82, 2.24) is 9.80 Å². The predicted octanol–water partition coefficient (Wildman–Crippen LogP) is 8.75. The van der Waals surface area contributed by atoms with Gasteiger partial charge in [0.25, 0.3) is 0 Å². The molecule has 14 heteroatoms. The summed E-state index contributed by atoms with van der Waals surface area (Å²) in [5, 5.41) is 0. The molecule has 0 spiro atoms. The molecule has 362 valence electrons. The Morgan fingerprint density at radius 1 is 0.409 bits per heavy atom. The highest BCUT2D eigenvalue weighted by atomic mass is 16.6. The quantitative estimate of drug-likeness (QED) is 0.0281. The van der Waals surface area contributed by atoms with Gasteiger partial charge in [0.05, 0.1) is 55.9 Å². The molecular formula is C52H72N2O12. The number of methoxy groups -OCH3 is 6. The van der Waals surface area contributed by atoms with E-state index in [4.69, 9.17) is 47.4 Å². The van der Waals surface area contributed by atoms with Crippen molar-refractivity contribution >= 4 is 11.9 Å². The van der Waals surface area contributed by atoms with Crippen LogP contribution in [0.5, 0.6) is 46.0 Å². The average Bonchev–Trinajstić information content (AvgIpc) is 3.33. The molecule has 0 saturated carbocycles. The summed E-state index contributed by atoms with van der Waals surface area (Å²) in [4.78, 5) is 32.0. The summed E-state index contributed by atoms with van der Waals surface area (Å²) in [7, 11) is 9.62. The molecule has 0 fully saturated rings. The minimum absolute atomic E-state index is 0.302. The van der Waals surface area contributed by atoms with Gasteiger partial charge in [-0.1, -0.05) is 52.0 Å². The van der Waals surface area contributed by atoms with E-state index in [1.54, 1.807) is 42.7 Å². The maximum absolute atomic E-state index is 13.9. The summed E-state index contributed by atoms with van der Waals surface area (Å²) in [5.74, 6) is 2.75. The molecular weight excluding hydrogens is 845 g/mol. The molecule has 2 atom stereocenters. The standard InChI is InChI=1S/C52H72N2O12/c1-11-25-53(26-12-2)49(35-39-17-21-43(59-7)47(33-39)63-29-23-37-15-19-41(57-5)45(31-37)61-9)65-51(55)52(56)66-50(54(27-13-3)28-14-4)36-40-18-22-44(60-8)48(34-40)64-30-24-38-16-20-42(58-6)46(32-38)62-10/h15-22,31-34,49-50H,11-14,23-30,35-36H2,1-10H3. The van der Waals surface area contributed by atoms with E-state index in [0.717, 1.165) is 47.9 Å². The molecule has 0 aliphatic heterocycles. The van der Waals surface area contributed by atoms with Crippen molar-refractivity contribution in [3.63, 3.8) is 0 Å². The van der Waals surface area contributed by atoms with Crippen LogP contribution in [0.1, 0.15) is 75.6 Å². The maximum Gasteiger partial charge on any atom is 0.419 e. The van der Waals surface area contributed by atoms with Crippen LogP contribution in [-0.2, 0) is 44.7 Å². The summed E-state index contributed by atoms with van der Waals surface area (Å²) in [6, 6.07) is 22.9. The predicted molar refractivity (Wildman–Crippen MR) is 255 cm³/mol. The molecule has 0 amide bonds. The van der Waals surface area contributed by atoms with Crippen molar-refractivity contribution in [1.29, 1.82) is 0 Å². The fourth-order valence-corrected chi connectivity index (χ4v) is 7.74. The molecule has 4 rings (SSSR count). The van der Waals surface area contributed by atoms with Crippen molar-refractivity contribution < 1.29 is 57.0 Å². The Hall–Kier alpha value is -5.86. The first-order valence-electron chi connectivity index (χ1n) is 23.0. The highest BCUT2D eigenvalue weighted by Crippen LogP contribution is 2.33. The number of ether oxygens (including phenoxy) is 10. The van der Waals surface area contributed by atoms with Crippen LogP contribution in [0.4, 0.5) is 0 Å². The van der Waals surface area contributed by atoms with Gasteiger partial charge < -0.3 is 47.4 Å². The first kappa shape index (κ1) is 52.8. The number of benzene rings is 4. The van der Waals surface area contributed by atoms with Gasteiger partial charge in [-0.3, -0.25) is 9.80 Å². The number of esters is 2. The Kier molecular flexibility index (Phi) is 22.6. The monoisotopic (exact) mass is 917 g/mol. The second-order valence-electron chi connectivity index (χ2n) is 15.7. The van der Waals surface area contributed by atoms with Gasteiger partial charge >= 0.3 is 11.9 Å². The van der Waals surface area contributed by atoms with Crippen LogP contribution in [0.2, 0.25) is 0 Å². The number of nitrogens with zero attached hydrogens (tertiary/aromatic N) is 2. The topological polar surface area (TPSA) is 133 Å². The van der Waals surface area contributed by atoms with Crippen LogP contribution in [0.3, 0.4) is 0 Å². The van der Waals surface area contributed by atoms with Gasteiger partial charge in [0.2, 0.25) is 0 Å². The van der Waals surface area contributed by atoms with Crippen molar-refractivity contribution in [3.05, 3.63) is 95.1 Å². The van der Waals surface area contributed by atoms with Crippen molar-refractivity contribution in [3.8, 4) is 46.0 Å². The van der Waals surface area contributed by atoms with Crippen LogP contribution >= 0.6 is 0 Å². The lowest BCUT2D eigenvalue weighted by Crippen LogP contribution is -2.45. The van der Waals surface area contributed by atoms with E-state index < -0.39 is 24.4 Å². The third kappa shape index (κ3) is 15.6. The van der Waals surface area contributed by atoms with Gasteiger partial charge in [0.1, 0.15) is 0 Å². The van der Waals surface area contributed by atoms with E-state index in [9.17, 15) is 9.59 Å². The van der Waals surface area contributed by atoms with Crippen LogP contribution < -0.4 is 37.9 Å². The van der Waals surface area contributed by atoms with Crippen molar-refractivity contribution in [2.45, 2.75) is 91.5 Å². The summed E-state index contributed by atoms with van der Waals surface area (Å²) in [6.07, 6.45) is 3.61. The minimum Gasteiger partial charge on any atom is -0.493 e. The smallest absolute Gasteiger partial charge is 0.419 e. The van der Waals surface area contributed by atoms with E-state index >= 15 is 0 Å². The molecule has 0 aliphatic rings. The molecule has 14 nitrogen and oxygen atoms in total. The van der Waals surface area contributed by atoms with Gasteiger partial charge in [0, 0.05) is 51.9 Å². The zero-order valence-corrected chi connectivity index (χ0v) is 40.8. The van der Waals surface area contributed by atoms with E-state index in [0.29, 0.717) is 111 Å². The first-order valence-corrected chi connectivity index (χ1v) is 23.0. The molecule has 2 unspecified atom stereocenters. The number of rotatable bonds is 30. The lowest BCUT2D eigenvalue weighted by molar-refractivity contribution is -0.185. The average molecular weight is 917 g/mol. The molecule has 0 saturated heterocycles. The molecule has 0 radical (unpaired) electrons. The summed E-state index contributed by atoms with van der Waals surface area (Å²) in [6.45, 7) is 11.7. The Balaban J connectivity index is 1.52. The molecule has 66 heavy (non-hydrogen) atoms. The lowest BCUT2D eigenvalue weighted by Gasteiger charge is -2.32. The SMILES string of the molecule is CCCN(CCC)C(Cc1ccc(OC)c(OCCc2ccc(OC)c(OC)c2)c1)OC(=O)C(=O)OC(Cc1ccc(OC)c(OCCc2ccc(OC)c(OC)c2)c1)N(CCC)CCC. The summed E-state index contributed by atoms with van der Waals surface area (Å²) < 4.78 is 57.8. The number of hydrogen-bond donors (Lipinski definition) is 0. The van der Waals surface area contributed by atoms with Crippen LogP contribution in [0.25, 0.3) is 0 Å². The first-order chi connectivity index (χ1) is 32.1. The largest absolute Gasteiger partial charge is 0.493 e. The van der Waals surface area contributed by atoms with Crippen molar-refractivity contribution in [2.24, 2.45) is 0 Å². The summed E-state index contributed by atoms with van der Waals surface area (Å²) in [5.41, 5.74) is 3.73. The molecule has 0 N–H and O–H groups in total. The van der Waals surface area contributed by atoms with Gasteiger partial charge in [0.15, 0.2) is 58.5 Å². The van der Waals surface area contributed by atoms with E-state index in [2.05, 4.69) is 37.5 Å². The highest BCUT2D eigenvalue weighted by Gasteiger charge is 2.31. The maximum atomic E-state index is 13.9. The molecule has 4 aromatic carbocycles. The van der Waals surface area contributed by atoms with Crippen LogP contribution in [-0.4, -0.2) is 116 Å². The number of hydrogen-bond acceptors (Lipinski definition) is 14. The Labute approximate surface area is 392 Å². The lowest BCUT2D eigenvalue weighted by atomic mass is 10.1. The third-order valence-corrected chi connectivity index (χ3v) is 11.0. The minimum atomic E-state index is -1.05. The Morgan fingerprint density at radius 2 is 0.697 bits per heavy atom. The highest BCUT2D eigenvalue weighted by molar-refractivity contribution is 6.29. The van der Waals surface area contributed by atoms with Gasteiger partial charge in [-0.2, -0.15) is 0 Å². The van der Waals surface area contributed by atoms with E-state index in [1.807, 2.05) is 72.8 Å². The molecule has 0 aromatic heterocycles. The van der Waals surface area contributed by atoms with E-state index in [-0.39, 0.29) is 0 Å². The third-order valence-electron chi connectivity index (χ3n) is 11.0. The second kappa shape index (κ2) is 28.2. The van der Waals surface area contributed by atoms with Crippen molar-refractivity contribution in [2.75, 3.05) is 82.1 Å². The zero-order chi connectivity index (χ0) is 47.8. The molecule has 4 aromatic rings.